The molecule has 0 unspecified atom stereocenters. The molecule has 5 nitrogen and oxygen atoms in total. The summed E-state index contributed by atoms with van der Waals surface area (Å²) in [4.78, 5) is 29.5. The molecule has 1 aliphatic heterocycles. The maximum absolute atomic E-state index is 13.2. The van der Waals surface area contributed by atoms with Crippen LogP contribution in [0.5, 0.6) is 0 Å². The van der Waals surface area contributed by atoms with Gasteiger partial charge >= 0.3 is 0 Å². The molecule has 1 aliphatic rings. The van der Waals surface area contributed by atoms with E-state index in [9.17, 15) is 9.59 Å². The number of hydrogen-bond donors (Lipinski definition) is 0. The molecule has 27 heavy (non-hydrogen) atoms. The summed E-state index contributed by atoms with van der Waals surface area (Å²) in [6.07, 6.45) is 1.69. The zero-order valence-electron chi connectivity index (χ0n) is 17.1. The number of rotatable bonds is 4. The van der Waals surface area contributed by atoms with Gasteiger partial charge in [0.2, 0.25) is 5.91 Å². The highest BCUT2D eigenvalue weighted by atomic mass is 16.3. The van der Waals surface area contributed by atoms with Crippen molar-refractivity contribution < 1.29 is 14.0 Å². The number of carbonyl (C=O) groups is 2. The SMILES string of the molecule is CCN(CC)C(=O)[C@@H]1CCCN(C(=O)c2oc3c(C)c(C)ccc3c2C)C1. The van der Waals surface area contributed by atoms with E-state index in [1.54, 1.807) is 4.90 Å². The summed E-state index contributed by atoms with van der Waals surface area (Å²) in [5.74, 6) is 0.356. The van der Waals surface area contributed by atoms with Gasteiger partial charge in [-0.05, 0) is 58.6 Å². The number of likely N-dealkylation sites (tertiary alicyclic amines) is 1. The number of fused-ring (bicyclic) bond motifs is 1. The minimum absolute atomic E-state index is 0.0993. The molecule has 0 N–H and O–H groups in total. The lowest BCUT2D eigenvalue weighted by Gasteiger charge is -2.34. The minimum atomic E-state index is -0.115. The van der Waals surface area contributed by atoms with Crippen molar-refractivity contribution >= 4 is 22.8 Å². The van der Waals surface area contributed by atoms with E-state index in [2.05, 4.69) is 6.07 Å². The van der Waals surface area contributed by atoms with E-state index in [0.717, 1.165) is 40.5 Å². The van der Waals surface area contributed by atoms with E-state index >= 15 is 0 Å². The molecule has 146 valence electrons. The Labute approximate surface area is 161 Å². The second-order valence-electron chi connectivity index (χ2n) is 7.54. The predicted molar refractivity (Wildman–Crippen MR) is 107 cm³/mol. The number of benzene rings is 1. The second kappa shape index (κ2) is 7.75. The maximum atomic E-state index is 13.2. The summed E-state index contributed by atoms with van der Waals surface area (Å²) < 4.78 is 6.02. The quantitative estimate of drug-likeness (QED) is 0.815. The molecule has 3 rings (SSSR count). The highest BCUT2D eigenvalue weighted by Crippen LogP contribution is 2.31. The first-order valence-corrected chi connectivity index (χ1v) is 9.96. The van der Waals surface area contributed by atoms with Crippen LogP contribution in [-0.4, -0.2) is 47.8 Å². The molecule has 0 saturated carbocycles. The van der Waals surface area contributed by atoms with Crippen molar-refractivity contribution in [2.24, 2.45) is 5.92 Å². The molecule has 2 heterocycles. The lowest BCUT2D eigenvalue weighted by molar-refractivity contribution is -0.136. The third-order valence-corrected chi connectivity index (χ3v) is 5.95. The summed E-state index contributed by atoms with van der Waals surface area (Å²) in [6.45, 7) is 12.6. The average molecular weight is 370 g/mol. The van der Waals surface area contributed by atoms with Gasteiger partial charge in [0.25, 0.3) is 5.91 Å². The molecule has 1 saturated heterocycles. The number of nitrogens with zero attached hydrogens (tertiary/aromatic N) is 2. The van der Waals surface area contributed by atoms with Crippen LogP contribution in [0.2, 0.25) is 0 Å². The molecule has 2 amide bonds. The van der Waals surface area contributed by atoms with Crippen molar-refractivity contribution in [2.45, 2.75) is 47.5 Å². The Hall–Kier alpha value is -2.30. The molecule has 1 fully saturated rings. The van der Waals surface area contributed by atoms with E-state index in [1.807, 2.05) is 45.6 Å². The third-order valence-electron chi connectivity index (χ3n) is 5.95. The number of aryl methyl sites for hydroxylation is 3. The Kier molecular flexibility index (Phi) is 5.59. The Balaban J connectivity index is 1.85. The summed E-state index contributed by atoms with van der Waals surface area (Å²) in [5.41, 5.74) is 3.90. The molecule has 0 aliphatic carbocycles. The smallest absolute Gasteiger partial charge is 0.289 e. The first kappa shape index (κ1) is 19.5. The van der Waals surface area contributed by atoms with Gasteiger partial charge in [0.1, 0.15) is 5.58 Å². The fourth-order valence-electron chi connectivity index (χ4n) is 4.02. The lowest BCUT2D eigenvalue weighted by atomic mass is 9.96. The number of hydrogen-bond acceptors (Lipinski definition) is 3. The monoisotopic (exact) mass is 370 g/mol. The predicted octanol–water partition coefficient (Wildman–Crippen LogP) is 4.08. The molecule has 0 radical (unpaired) electrons. The normalized spacial score (nSPS) is 17.4. The second-order valence-corrected chi connectivity index (χ2v) is 7.54. The van der Waals surface area contributed by atoms with Gasteiger partial charge in [-0.3, -0.25) is 9.59 Å². The van der Waals surface area contributed by atoms with Crippen molar-refractivity contribution in [2.75, 3.05) is 26.2 Å². The summed E-state index contributed by atoms with van der Waals surface area (Å²) in [5, 5.41) is 0.995. The standard InChI is InChI=1S/C22H30N2O3/c1-6-23(7-2)21(25)17-9-8-12-24(13-17)22(26)20-16(5)18-11-10-14(3)15(4)19(18)27-20/h10-11,17H,6-9,12-13H2,1-5H3/t17-/m1/s1. The number of amides is 2. The van der Waals surface area contributed by atoms with Crippen LogP contribution in [0.4, 0.5) is 0 Å². The highest BCUT2D eigenvalue weighted by Gasteiger charge is 2.32. The van der Waals surface area contributed by atoms with Crippen molar-refractivity contribution in [3.05, 3.63) is 34.6 Å². The molecular weight excluding hydrogens is 340 g/mol. The van der Waals surface area contributed by atoms with E-state index in [-0.39, 0.29) is 17.7 Å². The molecular formula is C22H30N2O3. The molecule has 0 bridgehead atoms. The van der Waals surface area contributed by atoms with Crippen LogP contribution >= 0.6 is 0 Å². The first-order chi connectivity index (χ1) is 12.9. The fourth-order valence-corrected chi connectivity index (χ4v) is 4.02. The topological polar surface area (TPSA) is 53.8 Å². The van der Waals surface area contributed by atoms with Crippen LogP contribution in [0.1, 0.15) is 53.9 Å². The van der Waals surface area contributed by atoms with Crippen molar-refractivity contribution in [1.82, 2.24) is 9.80 Å². The van der Waals surface area contributed by atoms with Gasteiger partial charge in [0.15, 0.2) is 5.76 Å². The van der Waals surface area contributed by atoms with Gasteiger partial charge < -0.3 is 14.2 Å². The van der Waals surface area contributed by atoms with Crippen LogP contribution in [0, 0.1) is 26.7 Å². The Morgan fingerprint density at radius 3 is 2.52 bits per heavy atom. The number of carbonyl (C=O) groups excluding carboxylic acids is 2. The lowest BCUT2D eigenvalue weighted by Crippen LogP contribution is -2.46. The van der Waals surface area contributed by atoms with Crippen LogP contribution in [0.3, 0.4) is 0 Å². The minimum Gasteiger partial charge on any atom is -0.450 e. The molecule has 1 aromatic heterocycles. The molecule has 2 aromatic rings. The van der Waals surface area contributed by atoms with Gasteiger partial charge in [-0.1, -0.05) is 12.1 Å². The largest absolute Gasteiger partial charge is 0.450 e. The first-order valence-electron chi connectivity index (χ1n) is 9.96. The van der Waals surface area contributed by atoms with Crippen LogP contribution in [0.25, 0.3) is 11.0 Å². The van der Waals surface area contributed by atoms with E-state index in [4.69, 9.17) is 4.42 Å². The van der Waals surface area contributed by atoms with E-state index in [1.165, 1.54) is 0 Å². The van der Waals surface area contributed by atoms with E-state index < -0.39 is 0 Å². The molecule has 0 spiro atoms. The average Bonchev–Trinajstić information content (AvgIpc) is 3.02. The maximum Gasteiger partial charge on any atom is 0.289 e. The van der Waals surface area contributed by atoms with Crippen molar-refractivity contribution in [1.29, 1.82) is 0 Å². The van der Waals surface area contributed by atoms with Crippen molar-refractivity contribution in [3.8, 4) is 0 Å². The highest BCUT2D eigenvalue weighted by molar-refractivity contribution is 6.00. The zero-order chi connectivity index (χ0) is 19.7. The van der Waals surface area contributed by atoms with Crippen LogP contribution in [0.15, 0.2) is 16.5 Å². The molecule has 1 atom stereocenters. The van der Waals surface area contributed by atoms with Gasteiger partial charge in [0, 0.05) is 37.1 Å². The summed E-state index contributed by atoms with van der Waals surface area (Å²) in [7, 11) is 0. The van der Waals surface area contributed by atoms with Gasteiger partial charge in [-0.2, -0.15) is 0 Å². The Morgan fingerprint density at radius 2 is 1.85 bits per heavy atom. The Bertz CT molecular complexity index is 864. The number of piperidine rings is 1. The van der Waals surface area contributed by atoms with Gasteiger partial charge in [-0.25, -0.2) is 0 Å². The molecule has 1 aromatic carbocycles. The summed E-state index contributed by atoms with van der Waals surface area (Å²) in [6, 6.07) is 4.09. The summed E-state index contributed by atoms with van der Waals surface area (Å²) >= 11 is 0. The molecule has 5 heteroatoms. The Morgan fingerprint density at radius 1 is 1.15 bits per heavy atom. The van der Waals surface area contributed by atoms with Gasteiger partial charge in [-0.15, -0.1) is 0 Å². The van der Waals surface area contributed by atoms with Crippen molar-refractivity contribution in [3.63, 3.8) is 0 Å². The van der Waals surface area contributed by atoms with Crippen LogP contribution in [-0.2, 0) is 4.79 Å². The zero-order valence-corrected chi connectivity index (χ0v) is 17.1. The van der Waals surface area contributed by atoms with E-state index in [0.29, 0.717) is 31.9 Å². The third kappa shape index (κ3) is 3.47. The van der Waals surface area contributed by atoms with Crippen LogP contribution < -0.4 is 0 Å². The number of furan rings is 1. The fraction of sp³-hybridized carbons (Fsp3) is 0.545. The van der Waals surface area contributed by atoms with Gasteiger partial charge in [0.05, 0.1) is 5.92 Å².